The lowest BCUT2D eigenvalue weighted by molar-refractivity contribution is -0.161. The minimum Gasteiger partial charge on any atom is -0.462 e. The molecule has 1 fully saturated rings. The Kier molecular flexibility index (Phi) is 7.36. The molecule has 2 atom stereocenters. The summed E-state index contributed by atoms with van der Waals surface area (Å²) in [6.07, 6.45) is 1.23. The van der Waals surface area contributed by atoms with Crippen molar-refractivity contribution >= 4 is 23.8 Å². The van der Waals surface area contributed by atoms with E-state index in [9.17, 15) is 19.2 Å². The van der Waals surface area contributed by atoms with Gasteiger partial charge in [-0.1, -0.05) is 30.3 Å². The van der Waals surface area contributed by atoms with E-state index >= 15 is 0 Å². The molecule has 8 heteroatoms. The second-order valence-electron chi connectivity index (χ2n) is 7.93. The Balaban J connectivity index is 2.16. The van der Waals surface area contributed by atoms with Crippen molar-refractivity contribution in [3.63, 3.8) is 0 Å². The number of methoxy groups -OCH3 is 1. The van der Waals surface area contributed by atoms with E-state index in [1.54, 1.807) is 20.8 Å². The summed E-state index contributed by atoms with van der Waals surface area (Å²) in [5.41, 5.74) is 0.148. The lowest BCUT2D eigenvalue weighted by Gasteiger charge is -2.27. The molecule has 1 N–H and O–H groups in total. The third-order valence-electron chi connectivity index (χ3n) is 4.47. The van der Waals surface area contributed by atoms with E-state index in [-0.39, 0.29) is 13.0 Å². The number of hydrogen-bond acceptors (Lipinski definition) is 6. The normalized spacial score (nSPS) is 17.4. The van der Waals surface area contributed by atoms with E-state index in [0.29, 0.717) is 12.8 Å². The zero-order chi connectivity index (χ0) is 21.6. The first-order valence-electron chi connectivity index (χ1n) is 9.58. The molecule has 1 aromatic rings. The highest BCUT2D eigenvalue weighted by Gasteiger charge is 2.39. The Hall–Kier alpha value is -2.90. The molecule has 0 saturated carbocycles. The van der Waals surface area contributed by atoms with Gasteiger partial charge in [-0.2, -0.15) is 0 Å². The van der Waals surface area contributed by atoms with Gasteiger partial charge in [0.15, 0.2) is 0 Å². The molecule has 1 aliphatic heterocycles. The number of rotatable bonds is 5. The summed E-state index contributed by atoms with van der Waals surface area (Å²) in [7, 11) is 1.11. The molecule has 158 valence electrons. The van der Waals surface area contributed by atoms with Crippen LogP contribution in [0.1, 0.15) is 39.2 Å². The number of benzene rings is 1. The van der Waals surface area contributed by atoms with Crippen molar-refractivity contribution < 1.29 is 28.7 Å². The van der Waals surface area contributed by atoms with Gasteiger partial charge in [0.25, 0.3) is 0 Å². The van der Waals surface area contributed by atoms with Gasteiger partial charge >= 0.3 is 17.8 Å². The van der Waals surface area contributed by atoms with E-state index in [4.69, 9.17) is 4.74 Å². The summed E-state index contributed by atoms with van der Waals surface area (Å²) in [5, 5.41) is 2.71. The summed E-state index contributed by atoms with van der Waals surface area (Å²) in [4.78, 5) is 50.5. The van der Waals surface area contributed by atoms with Gasteiger partial charge in [-0.15, -0.1) is 0 Å². The summed E-state index contributed by atoms with van der Waals surface area (Å²) in [6, 6.07) is 7.51. The van der Waals surface area contributed by atoms with Crippen LogP contribution in [-0.2, 0) is 35.1 Å². The van der Waals surface area contributed by atoms with Gasteiger partial charge in [-0.3, -0.25) is 9.59 Å². The zero-order valence-corrected chi connectivity index (χ0v) is 17.3. The van der Waals surface area contributed by atoms with E-state index in [1.807, 2.05) is 30.3 Å². The monoisotopic (exact) mass is 404 g/mol. The Bertz CT molecular complexity index is 756. The quantitative estimate of drug-likeness (QED) is 0.585. The molecule has 1 heterocycles. The molecule has 0 radical (unpaired) electrons. The van der Waals surface area contributed by atoms with Gasteiger partial charge < -0.3 is 19.7 Å². The van der Waals surface area contributed by atoms with Crippen LogP contribution >= 0.6 is 0 Å². The third kappa shape index (κ3) is 6.30. The molecule has 8 nitrogen and oxygen atoms in total. The van der Waals surface area contributed by atoms with Gasteiger partial charge in [0.1, 0.15) is 17.7 Å². The number of ether oxygens (including phenoxy) is 2. The Morgan fingerprint density at radius 2 is 1.83 bits per heavy atom. The number of nitrogens with zero attached hydrogens (tertiary/aromatic N) is 1. The first-order chi connectivity index (χ1) is 13.6. The summed E-state index contributed by atoms with van der Waals surface area (Å²) < 4.78 is 9.93. The third-order valence-corrected chi connectivity index (χ3v) is 4.47. The smallest absolute Gasteiger partial charge is 0.396 e. The molecule has 0 aliphatic carbocycles. The fourth-order valence-electron chi connectivity index (χ4n) is 3.17. The van der Waals surface area contributed by atoms with Crippen LogP contribution in [-0.4, -0.2) is 60.0 Å². The lowest BCUT2D eigenvalue weighted by atomic mass is 10.0. The number of nitrogens with one attached hydrogen (secondary N) is 1. The molecule has 0 bridgehead atoms. The van der Waals surface area contributed by atoms with Crippen molar-refractivity contribution in [2.75, 3.05) is 13.7 Å². The topological polar surface area (TPSA) is 102 Å². The average Bonchev–Trinajstić information content (AvgIpc) is 3.15. The molecule has 0 aromatic heterocycles. The maximum Gasteiger partial charge on any atom is 0.396 e. The Labute approximate surface area is 170 Å². The highest BCUT2D eigenvalue weighted by atomic mass is 16.6. The second-order valence-corrected chi connectivity index (χ2v) is 7.93. The standard InChI is InChI=1S/C21H28N2O6/c1-21(2,3)29-19(26)15(13-14-9-6-5-7-10-14)22-17(24)16-11-8-12-23(16)18(25)20(27)28-4/h5-7,9-10,15-16H,8,11-13H2,1-4H3,(H,22,24)/t15-,16?/m0/s1. The predicted molar refractivity (Wildman–Crippen MR) is 105 cm³/mol. The fraction of sp³-hybridized carbons (Fsp3) is 0.524. The number of carbonyl (C=O) groups is 4. The molecular weight excluding hydrogens is 376 g/mol. The van der Waals surface area contributed by atoms with Crippen molar-refractivity contribution in [2.24, 2.45) is 0 Å². The van der Waals surface area contributed by atoms with Crippen LogP contribution in [0.3, 0.4) is 0 Å². The van der Waals surface area contributed by atoms with Gasteiger partial charge in [-0.25, -0.2) is 9.59 Å². The minimum atomic E-state index is -1.02. The summed E-state index contributed by atoms with van der Waals surface area (Å²) in [6.45, 7) is 5.53. The fourth-order valence-corrected chi connectivity index (χ4v) is 3.17. The molecule has 2 rings (SSSR count). The predicted octanol–water partition coefficient (Wildman–Crippen LogP) is 1.22. The van der Waals surface area contributed by atoms with Gasteiger partial charge in [-0.05, 0) is 39.2 Å². The minimum absolute atomic E-state index is 0.249. The van der Waals surface area contributed by atoms with E-state index in [1.165, 1.54) is 4.90 Å². The molecular formula is C21H28N2O6. The molecule has 1 aromatic carbocycles. The van der Waals surface area contributed by atoms with Crippen LogP contribution in [0.15, 0.2) is 30.3 Å². The van der Waals surface area contributed by atoms with Crippen LogP contribution < -0.4 is 5.32 Å². The molecule has 1 saturated heterocycles. The number of amides is 2. The molecule has 0 spiro atoms. The maximum absolute atomic E-state index is 12.9. The van der Waals surface area contributed by atoms with Crippen molar-refractivity contribution in [3.05, 3.63) is 35.9 Å². The molecule has 2 amide bonds. The number of hydrogen-bond donors (Lipinski definition) is 1. The molecule has 1 aliphatic rings. The van der Waals surface area contributed by atoms with Crippen LogP contribution in [0, 0.1) is 0 Å². The highest BCUT2D eigenvalue weighted by molar-refractivity contribution is 6.32. The molecule has 29 heavy (non-hydrogen) atoms. The highest BCUT2D eigenvalue weighted by Crippen LogP contribution is 2.19. The van der Waals surface area contributed by atoms with Gasteiger partial charge in [0.2, 0.25) is 5.91 Å². The van der Waals surface area contributed by atoms with E-state index < -0.39 is 41.4 Å². The van der Waals surface area contributed by atoms with E-state index in [2.05, 4.69) is 10.1 Å². The first-order valence-corrected chi connectivity index (χ1v) is 9.58. The number of likely N-dealkylation sites (tertiary alicyclic amines) is 1. The van der Waals surface area contributed by atoms with Crippen molar-refractivity contribution in [1.29, 1.82) is 0 Å². The zero-order valence-electron chi connectivity index (χ0n) is 17.3. The van der Waals surface area contributed by atoms with Gasteiger partial charge in [0.05, 0.1) is 7.11 Å². The number of esters is 2. The lowest BCUT2D eigenvalue weighted by Crippen LogP contribution is -2.53. The average molecular weight is 404 g/mol. The van der Waals surface area contributed by atoms with Crippen LogP contribution in [0.25, 0.3) is 0 Å². The first kappa shape index (κ1) is 22.4. The van der Waals surface area contributed by atoms with Crippen LogP contribution in [0.5, 0.6) is 0 Å². The second kappa shape index (κ2) is 9.54. The van der Waals surface area contributed by atoms with Crippen LogP contribution in [0.4, 0.5) is 0 Å². The maximum atomic E-state index is 12.9. The van der Waals surface area contributed by atoms with Crippen molar-refractivity contribution in [1.82, 2.24) is 10.2 Å². The van der Waals surface area contributed by atoms with E-state index in [0.717, 1.165) is 12.7 Å². The van der Waals surface area contributed by atoms with Crippen molar-refractivity contribution in [3.8, 4) is 0 Å². The van der Waals surface area contributed by atoms with Gasteiger partial charge in [0, 0.05) is 13.0 Å². The van der Waals surface area contributed by atoms with Crippen molar-refractivity contribution in [2.45, 2.75) is 57.7 Å². The largest absolute Gasteiger partial charge is 0.462 e. The number of carbonyl (C=O) groups excluding carboxylic acids is 4. The Morgan fingerprint density at radius 1 is 1.17 bits per heavy atom. The molecule has 1 unspecified atom stereocenters. The summed E-state index contributed by atoms with van der Waals surface area (Å²) >= 11 is 0. The Morgan fingerprint density at radius 3 is 2.41 bits per heavy atom. The summed E-state index contributed by atoms with van der Waals surface area (Å²) in [5.74, 6) is -2.93. The SMILES string of the molecule is COC(=O)C(=O)N1CCCC1C(=O)N[C@@H](Cc1ccccc1)C(=O)OC(C)(C)C. The van der Waals surface area contributed by atoms with Crippen LogP contribution in [0.2, 0.25) is 0 Å².